The van der Waals surface area contributed by atoms with E-state index in [2.05, 4.69) is 15.5 Å². The fraction of sp³-hybridized carbons (Fsp3) is 0.364. The maximum atomic E-state index is 8.75. The number of nitrogens with zero attached hydrogens (tertiary/aromatic N) is 4. The van der Waals surface area contributed by atoms with E-state index in [4.69, 9.17) is 9.84 Å². The molecule has 1 N–H and O–H groups in total. The predicted octanol–water partition coefficient (Wildman–Crippen LogP) is 1.15. The predicted molar refractivity (Wildman–Crippen MR) is 68.1 cm³/mol. The lowest BCUT2D eigenvalue weighted by Crippen LogP contribution is -1.99. The molecule has 0 saturated heterocycles. The maximum absolute atomic E-state index is 8.75. The van der Waals surface area contributed by atoms with Crippen molar-refractivity contribution in [3.63, 3.8) is 0 Å². The molecule has 0 aliphatic carbocycles. The topological polar surface area (TPSA) is 73.1 Å². The summed E-state index contributed by atoms with van der Waals surface area (Å²) in [6, 6.07) is 7.51. The first-order valence-corrected chi connectivity index (χ1v) is 6.50. The maximum Gasteiger partial charge on any atom is 0.214 e. The van der Waals surface area contributed by atoms with Gasteiger partial charge >= 0.3 is 0 Å². The molecule has 1 heterocycles. The number of aliphatic hydroxyl groups is 1. The molecule has 0 fully saturated rings. The average molecular weight is 266 g/mol. The summed E-state index contributed by atoms with van der Waals surface area (Å²) < 4.78 is 6.77. The van der Waals surface area contributed by atoms with Gasteiger partial charge in [-0.25, -0.2) is 0 Å². The summed E-state index contributed by atoms with van der Waals surface area (Å²) in [7, 11) is 1.63. The van der Waals surface area contributed by atoms with Crippen LogP contribution in [0.3, 0.4) is 0 Å². The standard InChI is InChI=1S/C11H14N4O2S/c1-17-10-5-3-9(4-6-10)15-11(12-13-14-15)18-8-2-7-16/h3-6,16H,2,7-8H2,1H3. The molecule has 0 radical (unpaired) electrons. The van der Waals surface area contributed by atoms with Gasteiger partial charge in [0.15, 0.2) is 0 Å². The Labute approximate surface area is 109 Å². The zero-order valence-electron chi connectivity index (χ0n) is 9.98. The summed E-state index contributed by atoms with van der Waals surface area (Å²) in [5.74, 6) is 1.58. The quantitative estimate of drug-likeness (QED) is 0.624. The fourth-order valence-corrected chi connectivity index (χ4v) is 2.20. The highest BCUT2D eigenvalue weighted by Crippen LogP contribution is 2.20. The second-order valence-electron chi connectivity index (χ2n) is 3.50. The molecule has 0 aliphatic rings. The molecule has 0 saturated carbocycles. The van der Waals surface area contributed by atoms with E-state index < -0.39 is 0 Å². The van der Waals surface area contributed by atoms with E-state index in [-0.39, 0.29) is 6.61 Å². The Bertz CT molecular complexity index is 486. The van der Waals surface area contributed by atoms with E-state index in [0.29, 0.717) is 5.16 Å². The average Bonchev–Trinajstić information content (AvgIpc) is 2.88. The number of aliphatic hydroxyl groups excluding tert-OH is 1. The minimum Gasteiger partial charge on any atom is -0.497 e. The van der Waals surface area contributed by atoms with Crippen LogP contribution in [0.15, 0.2) is 29.4 Å². The van der Waals surface area contributed by atoms with E-state index >= 15 is 0 Å². The molecular weight excluding hydrogens is 252 g/mol. The highest BCUT2D eigenvalue weighted by molar-refractivity contribution is 7.99. The first-order chi connectivity index (χ1) is 8.85. The van der Waals surface area contributed by atoms with Gasteiger partial charge in [0.1, 0.15) is 5.75 Å². The third-order valence-electron chi connectivity index (χ3n) is 2.29. The lowest BCUT2D eigenvalue weighted by Gasteiger charge is -2.05. The lowest BCUT2D eigenvalue weighted by atomic mass is 10.3. The van der Waals surface area contributed by atoms with Crippen LogP contribution < -0.4 is 4.74 Å². The first-order valence-electron chi connectivity index (χ1n) is 5.51. The van der Waals surface area contributed by atoms with Crippen LogP contribution in [-0.2, 0) is 0 Å². The van der Waals surface area contributed by atoms with Gasteiger partial charge in [0.05, 0.1) is 12.8 Å². The molecule has 0 atom stereocenters. The zero-order valence-corrected chi connectivity index (χ0v) is 10.8. The van der Waals surface area contributed by atoms with Crippen LogP contribution in [-0.4, -0.2) is 44.8 Å². The normalized spacial score (nSPS) is 10.6. The Balaban J connectivity index is 2.14. The van der Waals surface area contributed by atoms with Crippen LogP contribution in [0.25, 0.3) is 5.69 Å². The molecule has 0 aliphatic heterocycles. The van der Waals surface area contributed by atoms with Gasteiger partial charge in [0.25, 0.3) is 0 Å². The minimum atomic E-state index is 0.178. The number of hydrogen-bond acceptors (Lipinski definition) is 6. The molecule has 18 heavy (non-hydrogen) atoms. The summed E-state index contributed by atoms with van der Waals surface area (Å²) in [4.78, 5) is 0. The third kappa shape index (κ3) is 2.99. The Kier molecular flexibility index (Phi) is 4.54. The van der Waals surface area contributed by atoms with Gasteiger partial charge in [-0.2, -0.15) is 4.68 Å². The molecule has 0 bridgehead atoms. The summed E-state index contributed by atoms with van der Waals surface area (Å²) in [6.07, 6.45) is 0.722. The Morgan fingerprint density at radius 3 is 2.78 bits per heavy atom. The Hall–Kier alpha value is -1.60. The van der Waals surface area contributed by atoms with E-state index in [0.717, 1.165) is 23.6 Å². The van der Waals surface area contributed by atoms with Crippen LogP contribution in [0.4, 0.5) is 0 Å². The van der Waals surface area contributed by atoms with Gasteiger partial charge in [0.2, 0.25) is 5.16 Å². The van der Waals surface area contributed by atoms with Crippen LogP contribution in [0.1, 0.15) is 6.42 Å². The Morgan fingerprint density at radius 2 is 2.11 bits per heavy atom. The second-order valence-corrected chi connectivity index (χ2v) is 4.56. The van der Waals surface area contributed by atoms with E-state index in [1.54, 1.807) is 11.8 Å². The van der Waals surface area contributed by atoms with Crippen molar-refractivity contribution >= 4 is 11.8 Å². The molecule has 2 aromatic rings. The highest BCUT2D eigenvalue weighted by atomic mass is 32.2. The minimum absolute atomic E-state index is 0.178. The molecule has 0 unspecified atom stereocenters. The summed E-state index contributed by atoms with van der Waals surface area (Å²) in [6.45, 7) is 0.178. The van der Waals surface area contributed by atoms with Crippen LogP contribution >= 0.6 is 11.8 Å². The van der Waals surface area contributed by atoms with Crippen molar-refractivity contribution in [1.82, 2.24) is 20.2 Å². The molecule has 1 aromatic carbocycles. The lowest BCUT2D eigenvalue weighted by molar-refractivity contribution is 0.296. The van der Waals surface area contributed by atoms with Crippen molar-refractivity contribution in [2.75, 3.05) is 19.5 Å². The van der Waals surface area contributed by atoms with Gasteiger partial charge in [-0.1, -0.05) is 11.8 Å². The summed E-state index contributed by atoms with van der Waals surface area (Å²) >= 11 is 1.52. The molecular formula is C11H14N4O2S. The first kappa shape index (κ1) is 12.8. The second kappa shape index (κ2) is 6.36. The number of benzene rings is 1. The van der Waals surface area contributed by atoms with E-state index in [9.17, 15) is 0 Å². The van der Waals surface area contributed by atoms with Crippen LogP contribution in [0.5, 0.6) is 5.75 Å². The zero-order chi connectivity index (χ0) is 12.8. The third-order valence-corrected chi connectivity index (χ3v) is 3.30. The van der Waals surface area contributed by atoms with Gasteiger partial charge in [-0.05, 0) is 41.1 Å². The van der Waals surface area contributed by atoms with Gasteiger partial charge in [-0.3, -0.25) is 0 Å². The van der Waals surface area contributed by atoms with Gasteiger partial charge < -0.3 is 9.84 Å². The van der Waals surface area contributed by atoms with Crippen molar-refractivity contribution in [1.29, 1.82) is 0 Å². The molecule has 2 rings (SSSR count). The Morgan fingerprint density at radius 1 is 1.33 bits per heavy atom. The molecule has 0 spiro atoms. The summed E-state index contributed by atoms with van der Waals surface area (Å²) in [5.41, 5.74) is 0.882. The number of hydrogen-bond donors (Lipinski definition) is 1. The van der Waals surface area contributed by atoms with Crippen molar-refractivity contribution in [2.45, 2.75) is 11.6 Å². The number of methoxy groups -OCH3 is 1. The smallest absolute Gasteiger partial charge is 0.214 e. The van der Waals surface area contributed by atoms with Crippen LogP contribution in [0, 0.1) is 0 Å². The number of aromatic nitrogens is 4. The molecule has 6 nitrogen and oxygen atoms in total. The van der Waals surface area contributed by atoms with Crippen molar-refractivity contribution < 1.29 is 9.84 Å². The number of thioether (sulfide) groups is 1. The van der Waals surface area contributed by atoms with E-state index in [1.165, 1.54) is 11.8 Å². The van der Waals surface area contributed by atoms with Crippen molar-refractivity contribution in [2.24, 2.45) is 0 Å². The molecule has 7 heteroatoms. The largest absolute Gasteiger partial charge is 0.497 e. The van der Waals surface area contributed by atoms with Crippen molar-refractivity contribution in [3.05, 3.63) is 24.3 Å². The fourth-order valence-electron chi connectivity index (χ4n) is 1.38. The van der Waals surface area contributed by atoms with Gasteiger partial charge in [-0.15, -0.1) is 5.10 Å². The highest BCUT2D eigenvalue weighted by Gasteiger charge is 2.08. The molecule has 0 amide bonds. The summed E-state index contributed by atoms with van der Waals surface area (Å²) in [5, 5.41) is 21.0. The number of rotatable bonds is 6. The van der Waals surface area contributed by atoms with Gasteiger partial charge in [0, 0.05) is 12.4 Å². The number of ether oxygens (including phenoxy) is 1. The van der Waals surface area contributed by atoms with Crippen LogP contribution in [0.2, 0.25) is 0 Å². The van der Waals surface area contributed by atoms with Crippen molar-refractivity contribution in [3.8, 4) is 11.4 Å². The van der Waals surface area contributed by atoms with E-state index in [1.807, 2.05) is 24.3 Å². The monoisotopic (exact) mass is 266 g/mol. The molecule has 1 aromatic heterocycles. The number of tetrazole rings is 1. The molecule has 96 valence electrons. The SMILES string of the molecule is COc1ccc(-n2nnnc2SCCCO)cc1.